The van der Waals surface area contributed by atoms with Crippen molar-refractivity contribution in [1.29, 1.82) is 0 Å². The maximum Gasteiger partial charge on any atom is 0.0682 e. The zero-order chi connectivity index (χ0) is 7.56. The molecule has 0 aliphatic carbocycles. The quantitative estimate of drug-likeness (QED) is 0.619. The van der Waals surface area contributed by atoms with Crippen molar-refractivity contribution in [3.05, 3.63) is 0 Å². The van der Waals surface area contributed by atoms with Crippen LogP contribution in [0.25, 0.3) is 0 Å². The fourth-order valence-electron chi connectivity index (χ4n) is 1.77. The molecule has 1 aliphatic heterocycles. The van der Waals surface area contributed by atoms with Gasteiger partial charge < -0.3 is 5.11 Å². The number of β-amino-alcohol motifs (C(OH)–C–C–N with tert-alkyl or cyclic N) is 1. The molecule has 1 aliphatic rings. The van der Waals surface area contributed by atoms with E-state index in [9.17, 15) is 5.11 Å². The lowest BCUT2D eigenvalue weighted by Gasteiger charge is -2.20. The van der Waals surface area contributed by atoms with Crippen molar-refractivity contribution < 1.29 is 5.11 Å². The van der Waals surface area contributed by atoms with Crippen molar-refractivity contribution in [2.45, 2.75) is 38.8 Å². The molecule has 0 aromatic carbocycles. The number of aliphatic hydroxyl groups excluding tert-OH is 1. The highest BCUT2D eigenvalue weighted by molar-refractivity contribution is 4.82. The Hall–Kier alpha value is -0.0800. The molecule has 1 N–H and O–H groups in total. The standard InChI is InChI=1S/C8H17NO/c1-3-7-5-8(10)6-9(7)4-2/h7-8,10H,3-6H2,1-2H3/t7-,8+/m1/s1. The van der Waals surface area contributed by atoms with E-state index in [-0.39, 0.29) is 6.10 Å². The maximum atomic E-state index is 9.29. The van der Waals surface area contributed by atoms with Gasteiger partial charge in [-0.15, -0.1) is 0 Å². The second kappa shape index (κ2) is 3.35. The van der Waals surface area contributed by atoms with Crippen LogP contribution in [0, 0.1) is 0 Å². The summed E-state index contributed by atoms with van der Waals surface area (Å²) in [7, 11) is 0. The molecule has 10 heavy (non-hydrogen) atoms. The molecule has 1 saturated heterocycles. The van der Waals surface area contributed by atoms with E-state index in [0.717, 1.165) is 19.5 Å². The van der Waals surface area contributed by atoms with Crippen LogP contribution in [-0.4, -0.2) is 35.2 Å². The lowest BCUT2D eigenvalue weighted by molar-refractivity contribution is 0.177. The summed E-state index contributed by atoms with van der Waals surface area (Å²) in [6.07, 6.45) is 2.08. The van der Waals surface area contributed by atoms with Gasteiger partial charge in [-0.2, -0.15) is 0 Å². The Bertz CT molecular complexity index is 93.4. The summed E-state index contributed by atoms with van der Waals surface area (Å²) < 4.78 is 0. The Morgan fingerprint density at radius 2 is 2.20 bits per heavy atom. The second-order valence-corrected chi connectivity index (χ2v) is 3.04. The van der Waals surface area contributed by atoms with Crippen LogP contribution in [0.2, 0.25) is 0 Å². The molecule has 0 amide bonds. The predicted octanol–water partition coefficient (Wildman–Crippen LogP) is 0.851. The average molecular weight is 143 g/mol. The molecule has 1 fully saturated rings. The molecule has 60 valence electrons. The minimum atomic E-state index is -0.0649. The van der Waals surface area contributed by atoms with E-state index in [0.29, 0.717) is 6.04 Å². The monoisotopic (exact) mass is 143 g/mol. The van der Waals surface area contributed by atoms with Gasteiger partial charge in [-0.1, -0.05) is 13.8 Å². The van der Waals surface area contributed by atoms with E-state index in [1.165, 1.54) is 6.42 Å². The van der Waals surface area contributed by atoms with Gasteiger partial charge >= 0.3 is 0 Å². The van der Waals surface area contributed by atoms with Crippen LogP contribution in [0.5, 0.6) is 0 Å². The van der Waals surface area contributed by atoms with Crippen LogP contribution in [0.4, 0.5) is 0 Å². The maximum absolute atomic E-state index is 9.29. The van der Waals surface area contributed by atoms with Crippen LogP contribution in [0.3, 0.4) is 0 Å². The molecule has 1 rings (SSSR count). The number of likely N-dealkylation sites (tertiary alicyclic amines) is 1. The summed E-state index contributed by atoms with van der Waals surface area (Å²) in [5.74, 6) is 0. The molecule has 2 heteroatoms. The molecular weight excluding hydrogens is 126 g/mol. The van der Waals surface area contributed by atoms with E-state index in [4.69, 9.17) is 0 Å². The summed E-state index contributed by atoms with van der Waals surface area (Å²) in [4.78, 5) is 2.35. The van der Waals surface area contributed by atoms with Crippen LogP contribution < -0.4 is 0 Å². The van der Waals surface area contributed by atoms with Gasteiger partial charge in [0.15, 0.2) is 0 Å². The van der Waals surface area contributed by atoms with Gasteiger partial charge in [0, 0.05) is 12.6 Å². The fourth-order valence-corrected chi connectivity index (χ4v) is 1.77. The third kappa shape index (κ3) is 1.50. The fraction of sp³-hybridized carbons (Fsp3) is 1.00. The largest absolute Gasteiger partial charge is 0.392 e. The van der Waals surface area contributed by atoms with E-state index < -0.39 is 0 Å². The minimum Gasteiger partial charge on any atom is -0.392 e. The number of likely N-dealkylation sites (N-methyl/N-ethyl adjacent to an activating group) is 1. The second-order valence-electron chi connectivity index (χ2n) is 3.04. The smallest absolute Gasteiger partial charge is 0.0682 e. The molecule has 0 spiro atoms. The highest BCUT2D eigenvalue weighted by Crippen LogP contribution is 2.19. The van der Waals surface area contributed by atoms with Crippen molar-refractivity contribution in [3.8, 4) is 0 Å². The number of hydrogen-bond donors (Lipinski definition) is 1. The lowest BCUT2D eigenvalue weighted by Crippen LogP contribution is -2.28. The highest BCUT2D eigenvalue weighted by atomic mass is 16.3. The van der Waals surface area contributed by atoms with Crippen molar-refractivity contribution in [1.82, 2.24) is 4.90 Å². The Balaban J connectivity index is 2.41. The zero-order valence-electron chi connectivity index (χ0n) is 6.88. The van der Waals surface area contributed by atoms with Crippen LogP contribution >= 0.6 is 0 Å². The number of aliphatic hydroxyl groups is 1. The van der Waals surface area contributed by atoms with E-state index >= 15 is 0 Å². The number of nitrogens with zero attached hydrogens (tertiary/aromatic N) is 1. The average Bonchev–Trinajstić information content (AvgIpc) is 2.30. The number of rotatable bonds is 2. The SMILES string of the molecule is CC[C@@H]1C[C@H](O)CN1CC. The summed E-state index contributed by atoms with van der Waals surface area (Å²) >= 11 is 0. The molecule has 2 nitrogen and oxygen atoms in total. The Morgan fingerprint density at radius 1 is 1.50 bits per heavy atom. The molecule has 0 aromatic heterocycles. The lowest BCUT2D eigenvalue weighted by atomic mass is 10.1. The first kappa shape index (κ1) is 8.02. The molecule has 2 atom stereocenters. The van der Waals surface area contributed by atoms with Crippen LogP contribution in [0.1, 0.15) is 26.7 Å². The first-order valence-electron chi connectivity index (χ1n) is 4.20. The van der Waals surface area contributed by atoms with Gasteiger partial charge in [-0.25, -0.2) is 0 Å². The molecular formula is C8H17NO. The molecule has 1 heterocycles. The summed E-state index contributed by atoms with van der Waals surface area (Å²) in [6.45, 7) is 6.30. The van der Waals surface area contributed by atoms with Gasteiger partial charge in [0.25, 0.3) is 0 Å². The third-order valence-corrected chi connectivity index (χ3v) is 2.38. The number of hydrogen-bond acceptors (Lipinski definition) is 2. The molecule has 0 radical (unpaired) electrons. The van der Waals surface area contributed by atoms with Gasteiger partial charge in [-0.05, 0) is 19.4 Å². The Kier molecular flexibility index (Phi) is 2.69. The molecule has 0 unspecified atom stereocenters. The van der Waals surface area contributed by atoms with E-state index in [1.54, 1.807) is 0 Å². The van der Waals surface area contributed by atoms with Gasteiger partial charge in [0.1, 0.15) is 0 Å². The van der Waals surface area contributed by atoms with Crippen molar-refractivity contribution in [3.63, 3.8) is 0 Å². The third-order valence-electron chi connectivity index (χ3n) is 2.38. The topological polar surface area (TPSA) is 23.5 Å². The zero-order valence-corrected chi connectivity index (χ0v) is 6.88. The Morgan fingerprint density at radius 3 is 2.60 bits per heavy atom. The van der Waals surface area contributed by atoms with Gasteiger partial charge in [0.05, 0.1) is 6.10 Å². The van der Waals surface area contributed by atoms with Crippen LogP contribution in [-0.2, 0) is 0 Å². The summed E-state index contributed by atoms with van der Waals surface area (Å²) in [5, 5.41) is 9.29. The van der Waals surface area contributed by atoms with Gasteiger partial charge in [-0.3, -0.25) is 4.90 Å². The molecule has 0 aromatic rings. The Labute approximate surface area is 62.8 Å². The van der Waals surface area contributed by atoms with E-state index in [2.05, 4.69) is 18.7 Å². The normalized spacial score (nSPS) is 35.1. The highest BCUT2D eigenvalue weighted by Gasteiger charge is 2.27. The first-order valence-corrected chi connectivity index (χ1v) is 4.20. The van der Waals surface area contributed by atoms with Crippen molar-refractivity contribution in [2.24, 2.45) is 0 Å². The van der Waals surface area contributed by atoms with Gasteiger partial charge in [0.2, 0.25) is 0 Å². The molecule has 0 bridgehead atoms. The van der Waals surface area contributed by atoms with E-state index in [1.807, 2.05) is 0 Å². The molecule has 0 saturated carbocycles. The van der Waals surface area contributed by atoms with Crippen LogP contribution in [0.15, 0.2) is 0 Å². The summed E-state index contributed by atoms with van der Waals surface area (Å²) in [6, 6.07) is 0.639. The predicted molar refractivity (Wildman–Crippen MR) is 41.9 cm³/mol. The van der Waals surface area contributed by atoms with Crippen molar-refractivity contribution >= 4 is 0 Å². The summed E-state index contributed by atoms with van der Waals surface area (Å²) in [5.41, 5.74) is 0. The minimum absolute atomic E-state index is 0.0649. The first-order chi connectivity index (χ1) is 4.77. The van der Waals surface area contributed by atoms with Crippen molar-refractivity contribution in [2.75, 3.05) is 13.1 Å².